The lowest BCUT2D eigenvalue weighted by atomic mass is 9.75. The van der Waals surface area contributed by atoms with Crippen LogP contribution in [0.4, 0.5) is 13.2 Å². The summed E-state index contributed by atoms with van der Waals surface area (Å²) in [5.74, 6) is -1.56. The van der Waals surface area contributed by atoms with Gasteiger partial charge >= 0.3 is 6.18 Å². The molecule has 3 unspecified atom stereocenters. The molecule has 4 nitrogen and oxygen atoms in total. The van der Waals surface area contributed by atoms with E-state index in [1.54, 1.807) is 6.07 Å². The summed E-state index contributed by atoms with van der Waals surface area (Å²) in [5, 5.41) is 11.2. The van der Waals surface area contributed by atoms with E-state index >= 15 is 0 Å². The van der Waals surface area contributed by atoms with Crippen molar-refractivity contribution in [3.8, 4) is 0 Å². The molecule has 2 aromatic rings. The molecule has 4 rings (SSSR count). The van der Waals surface area contributed by atoms with Gasteiger partial charge in [0.2, 0.25) is 0 Å². The Kier molecular flexibility index (Phi) is 5.90. The molecule has 3 heterocycles. The van der Waals surface area contributed by atoms with Crippen LogP contribution in [-0.2, 0) is 4.74 Å². The van der Waals surface area contributed by atoms with E-state index in [2.05, 4.69) is 0 Å². The summed E-state index contributed by atoms with van der Waals surface area (Å²) in [7, 11) is 0. The Balaban J connectivity index is 1.55. The molecule has 1 N–H and O–H groups in total. The first kappa shape index (κ1) is 21.7. The second-order valence-electron chi connectivity index (χ2n) is 8.60. The minimum absolute atomic E-state index is 0.0160. The van der Waals surface area contributed by atoms with Gasteiger partial charge < -0.3 is 14.2 Å². The summed E-state index contributed by atoms with van der Waals surface area (Å²) in [5.41, 5.74) is 0.543. The number of nitrogens with zero attached hydrogens (tertiary/aromatic N) is 1. The van der Waals surface area contributed by atoms with E-state index in [4.69, 9.17) is 16.3 Å². The maximum Gasteiger partial charge on any atom is 0.391 e. The van der Waals surface area contributed by atoms with Crippen molar-refractivity contribution in [1.82, 2.24) is 4.40 Å². The Labute approximate surface area is 178 Å². The molecule has 1 saturated carbocycles. The summed E-state index contributed by atoms with van der Waals surface area (Å²) >= 11 is 6.39. The van der Waals surface area contributed by atoms with Crippen LogP contribution in [0.5, 0.6) is 0 Å². The predicted molar refractivity (Wildman–Crippen MR) is 107 cm³/mol. The van der Waals surface area contributed by atoms with E-state index in [0.29, 0.717) is 35.7 Å². The van der Waals surface area contributed by atoms with Crippen molar-refractivity contribution in [2.75, 3.05) is 13.2 Å². The lowest BCUT2D eigenvalue weighted by Crippen LogP contribution is -2.40. The predicted octanol–water partition coefficient (Wildman–Crippen LogP) is 5.54. The van der Waals surface area contributed by atoms with Crippen LogP contribution in [0.1, 0.15) is 66.9 Å². The molecule has 3 atom stereocenters. The number of carbonyl (C=O) groups excluding carboxylic acids is 1. The molecule has 2 fully saturated rings. The zero-order valence-electron chi connectivity index (χ0n) is 16.6. The highest BCUT2D eigenvalue weighted by Crippen LogP contribution is 2.43. The maximum absolute atomic E-state index is 13.1. The first-order chi connectivity index (χ1) is 14.2. The molecule has 0 radical (unpaired) electrons. The highest BCUT2D eigenvalue weighted by Gasteiger charge is 2.46. The molecule has 2 aromatic heterocycles. The van der Waals surface area contributed by atoms with E-state index in [1.165, 1.54) is 0 Å². The molecule has 0 aromatic carbocycles. The number of fused-ring (bicyclic) bond motifs is 1. The van der Waals surface area contributed by atoms with Gasteiger partial charge in [0.05, 0.1) is 28.7 Å². The molecular weight excluding hydrogens is 419 g/mol. The summed E-state index contributed by atoms with van der Waals surface area (Å²) in [6.45, 7) is 1.24. The van der Waals surface area contributed by atoms with Gasteiger partial charge in [-0.1, -0.05) is 11.6 Å². The van der Waals surface area contributed by atoms with E-state index < -0.39 is 17.7 Å². The van der Waals surface area contributed by atoms with Crippen molar-refractivity contribution in [2.45, 2.75) is 62.6 Å². The van der Waals surface area contributed by atoms with E-state index in [0.717, 1.165) is 12.1 Å². The summed E-state index contributed by atoms with van der Waals surface area (Å²) in [6, 6.07) is 5.35. The number of Topliss-reactive ketones (excluding diaryl/α,β-unsaturated/α-hetero) is 1. The Morgan fingerprint density at radius 3 is 2.87 bits per heavy atom. The molecule has 2 aliphatic rings. The largest absolute Gasteiger partial charge is 0.391 e. The molecular formula is C22H25ClF3NO3. The Hall–Kier alpha value is -1.57. The number of aliphatic hydroxyl groups is 1. The summed E-state index contributed by atoms with van der Waals surface area (Å²) < 4.78 is 46.7. The van der Waals surface area contributed by atoms with Crippen LogP contribution in [0.2, 0.25) is 5.02 Å². The molecule has 0 amide bonds. The van der Waals surface area contributed by atoms with Gasteiger partial charge in [0.25, 0.3) is 0 Å². The number of aromatic nitrogens is 1. The van der Waals surface area contributed by atoms with Gasteiger partial charge in [0.1, 0.15) is 0 Å². The number of hydrogen-bond donors (Lipinski definition) is 1. The molecule has 1 saturated heterocycles. The van der Waals surface area contributed by atoms with Crippen molar-refractivity contribution in [3.63, 3.8) is 0 Å². The van der Waals surface area contributed by atoms with Crippen LogP contribution in [-0.4, -0.2) is 40.3 Å². The van der Waals surface area contributed by atoms with E-state index in [-0.39, 0.29) is 43.8 Å². The Morgan fingerprint density at radius 1 is 1.37 bits per heavy atom. The second-order valence-corrected chi connectivity index (χ2v) is 9.01. The second kappa shape index (κ2) is 8.17. The Bertz CT molecular complexity index is 936. The third-order valence-corrected chi connectivity index (χ3v) is 6.83. The van der Waals surface area contributed by atoms with E-state index in [9.17, 15) is 23.1 Å². The fourth-order valence-electron chi connectivity index (χ4n) is 4.86. The van der Waals surface area contributed by atoms with Gasteiger partial charge in [-0.05, 0) is 56.7 Å². The maximum atomic E-state index is 13.1. The van der Waals surface area contributed by atoms with Crippen LogP contribution in [0, 0.1) is 5.92 Å². The first-order valence-electron chi connectivity index (χ1n) is 10.4. The van der Waals surface area contributed by atoms with Crippen LogP contribution in [0.25, 0.3) is 5.52 Å². The average Bonchev–Trinajstić information content (AvgIpc) is 3.34. The van der Waals surface area contributed by atoms with Gasteiger partial charge in [-0.2, -0.15) is 13.2 Å². The SMILES string of the molecule is O=C(CCC1(O)CCCC(C(F)(F)F)C1)c1cc(C2CCOC2)n2cccc(Cl)c12. The van der Waals surface area contributed by atoms with Crippen molar-refractivity contribution in [2.24, 2.45) is 5.92 Å². The molecule has 1 aliphatic heterocycles. The van der Waals surface area contributed by atoms with E-state index in [1.807, 2.05) is 22.7 Å². The third kappa shape index (κ3) is 4.25. The fourth-order valence-corrected chi connectivity index (χ4v) is 5.13. The average molecular weight is 444 g/mol. The molecule has 164 valence electrons. The topological polar surface area (TPSA) is 50.9 Å². The van der Waals surface area contributed by atoms with Crippen molar-refractivity contribution < 1.29 is 27.8 Å². The van der Waals surface area contributed by atoms with Gasteiger partial charge in [0, 0.05) is 36.4 Å². The van der Waals surface area contributed by atoms with Gasteiger partial charge in [-0.3, -0.25) is 4.79 Å². The van der Waals surface area contributed by atoms with Crippen LogP contribution in [0.15, 0.2) is 24.4 Å². The van der Waals surface area contributed by atoms with Crippen LogP contribution in [0.3, 0.4) is 0 Å². The number of alkyl halides is 3. The molecule has 0 bridgehead atoms. The lowest BCUT2D eigenvalue weighted by molar-refractivity contribution is -0.201. The number of ketones is 1. The van der Waals surface area contributed by atoms with Gasteiger partial charge in [0.15, 0.2) is 5.78 Å². The van der Waals surface area contributed by atoms with Crippen molar-refractivity contribution in [3.05, 3.63) is 40.7 Å². The molecule has 30 heavy (non-hydrogen) atoms. The molecule has 0 spiro atoms. The smallest absolute Gasteiger partial charge is 0.390 e. The first-order valence-corrected chi connectivity index (χ1v) is 10.8. The highest BCUT2D eigenvalue weighted by atomic mass is 35.5. The fraction of sp³-hybridized carbons (Fsp3) is 0.591. The monoisotopic (exact) mass is 443 g/mol. The van der Waals surface area contributed by atoms with Crippen LogP contribution >= 0.6 is 11.6 Å². The van der Waals surface area contributed by atoms with Gasteiger partial charge in [-0.25, -0.2) is 0 Å². The summed E-state index contributed by atoms with van der Waals surface area (Å²) in [6.07, 6.45) is -1.33. The molecule has 8 heteroatoms. The zero-order chi connectivity index (χ0) is 21.5. The van der Waals surface area contributed by atoms with Crippen molar-refractivity contribution >= 4 is 22.9 Å². The minimum atomic E-state index is -4.32. The number of carbonyl (C=O) groups is 1. The number of hydrogen-bond acceptors (Lipinski definition) is 3. The molecule has 1 aliphatic carbocycles. The number of pyridine rings is 1. The number of rotatable bonds is 5. The van der Waals surface area contributed by atoms with Crippen LogP contribution < -0.4 is 0 Å². The number of halogens is 4. The van der Waals surface area contributed by atoms with Crippen molar-refractivity contribution in [1.29, 1.82) is 0 Å². The Morgan fingerprint density at radius 2 is 2.17 bits per heavy atom. The minimum Gasteiger partial charge on any atom is -0.390 e. The number of ether oxygens (including phenoxy) is 1. The quantitative estimate of drug-likeness (QED) is 0.617. The highest BCUT2D eigenvalue weighted by molar-refractivity contribution is 6.35. The summed E-state index contributed by atoms with van der Waals surface area (Å²) in [4.78, 5) is 13.1. The zero-order valence-corrected chi connectivity index (χ0v) is 17.3. The normalized spacial score (nSPS) is 27.6. The van der Waals surface area contributed by atoms with Gasteiger partial charge in [-0.15, -0.1) is 0 Å². The lowest BCUT2D eigenvalue weighted by Gasteiger charge is -2.37. The third-order valence-electron chi connectivity index (χ3n) is 6.52. The standard InChI is InChI=1S/C22H25ClF3NO3/c23-17-4-2-9-27-18(14-6-10-30-13-14)11-16(20(17)27)19(28)5-8-21(29)7-1-3-15(12-21)22(24,25)26/h2,4,9,11,14-15,29H,1,3,5-8,10,12-13H2.